The molecular formula is C14H8BrNO3. The summed E-state index contributed by atoms with van der Waals surface area (Å²) in [5.41, 5.74) is 0.379. The Kier molecular flexibility index (Phi) is 3.83. The highest BCUT2D eigenvalue weighted by Gasteiger charge is 2.14. The van der Waals surface area contributed by atoms with Crippen molar-refractivity contribution in [1.82, 2.24) is 0 Å². The second-order valence-corrected chi connectivity index (χ2v) is 4.57. The van der Waals surface area contributed by atoms with Crippen molar-refractivity contribution in [3.05, 3.63) is 58.1 Å². The van der Waals surface area contributed by atoms with Gasteiger partial charge in [-0.15, -0.1) is 0 Å². The highest BCUT2D eigenvalue weighted by molar-refractivity contribution is 9.10. The Morgan fingerprint density at radius 2 is 1.95 bits per heavy atom. The number of para-hydroxylation sites is 1. The molecule has 2 rings (SSSR count). The molecule has 0 saturated carbocycles. The van der Waals surface area contributed by atoms with E-state index in [2.05, 4.69) is 15.9 Å². The quantitative estimate of drug-likeness (QED) is 0.934. The Morgan fingerprint density at radius 3 is 2.63 bits per heavy atom. The van der Waals surface area contributed by atoms with Crippen LogP contribution in [0.5, 0.6) is 11.5 Å². The van der Waals surface area contributed by atoms with E-state index in [0.29, 0.717) is 15.8 Å². The van der Waals surface area contributed by atoms with Gasteiger partial charge in [-0.05, 0) is 30.3 Å². The van der Waals surface area contributed by atoms with E-state index in [-0.39, 0.29) is 11.3 Å². The molecule has 19 heavy (non-hydrogen) atoms. The van der Waals surface area contributed by atoms with Crippen LogP contribution < -0.4 is 4.74 Å². The first-order chi connectivity index (χ1) is 9.11. The van der Waals surface area contributed by atoms with Crippen molar-refractivity contribution in [3.8, 4) is 17.6 Å². The van der Waals surface area contributed by atoms with Gasteiger partial charge in [-0.3, -0.25) is 0 Å². The predicted octanol–water partition coefficient (Wildman–Crippen LogP) is 3.81. The summed E-state index contributed by atoms with van der Waals surface area (Å²) in [7, 11) is 0. The van der Waals surface area contributed by atoms with Crippen molar-refractivity contribution in [1.29, 1.82) is 5.26 Å². The highest BCUT2D eigenvalue weighted by atomic mass is 79.9. The number of halogens is 1. The highest BCUT2D eigenvalue weighted by Crippen LogP contribution is 2.29. The Bertz CT molecular complexity index is 677. The second-order valence-electron chi connectivity index (χ2n) is 3.66. The fourth-order valence-electron chi connectivity index (χ4n) is 1.52. The van der Waals surface area contributed by atoms with Crippen molar-refractivity contribution in [2.45, 2.75) is 0 Å². The van der Waals surface area contributed by atoms with Gasteiger partial charge in [0.1, 0.15) is 23.1 Å². The number of nitriles is 1. The number of carbonyl (C=O) groups is 1. The molecule has 94 valence electrons. The first kappa shape index (κ1) is 13.1. The number of rotatable bonds is 3. The molecule has 2 aromatic rings. The smallest absolute Gasteiger partial charge is 0.339 e. The van der Waals surface area contributed by atoms with E-state index < -0.39 is 5.97 Å². The molecule has 0 aliphatic heterocycles. The zero-order valence-electron chi connectivity index (χ0n) is 9.63. The molecule has 5 heteroatoms. The Hall–Kier alpha value is -2.32. The monoisotopic (exact) mass is 317 g/mol. The molecule has 0 amide bonds. The summed E-state index contributed by atoms with van der Waals surface area (Å²) in [6, 6.07) is 13.3. The van der Waals surface area contributed by atoms with Crippen molar-refractivity contribution in [3.63, 3.8) is 0 Å². The first-order valence-corrected chi connectivity index (χ1v) is 6.11. The maximum Gasteiger partial charge on any atom is 0.339 e. The summed E-state index contributed by atoms with van der Waals surface area (Å²) < 4.78 is 6.17. The summed E-state index contributed by atoms with van der Waals surface area (Å²) in [5.74, 6) is -0.570. The number of ether oxygens (including phenoxy) is 1. The number of hydrogen-bond acceptors (Lipinski definition) is 3. The van der Waals surface area contributed by atoms with E-state index in [1.54, 1.807) is 36.4 Å². The fraction of sp³-hybridized carbons (Fsp3) is 0. The van der Waals surface area contributed by atoms with Crippen molar-refractivity contribution in [2.75, 3.05) is 0 Å². The largest absolute Gasteiger partial charge is 0.478 e. The lowest BCUT2D eigenvalue weighted by atomic mass is 10.2. The summed E-state index contributed by atoms with van der Waals surface area (Å²) in [5, 5.41) is 18.1. The van der Waals surface area contributed by atoms with Gasteiger partial charge < -0.3 is 9.84 Å². The van der Waals surface area contributed by atoms with Gasteiger partial charge in [-0.1, -0.05) is 28.1 Å². The van der Waals surface area contributed by atoms with Gasteiger partial charge in [0.25, 0.3) is 0 Å². The summed E-state index contributed by atoms with van der Waals surface area (Å²) in [6.45, 7) is 0. The second kappa shape index (κ2) is 5.55. The van der Waals surface area contributed by atoms with Gasteiger partial charge in [-0.25, -0.2) is 4.79 Å². The molecule has 0 fully saturated rings. The molecule has 0 radical (unpaired) electrons. The average Bonchev–Trinajstić information content (AvgIpc) is 2.41. The van der Waals surface area contributed by atoms with Crippen molar-refractivity contribution < 1.29 is 14.6 Å². The standard InChI is InChI=1S/C14H8BrNO3/c15-10-5-6-13(11(7-10)14(17)18)19-12-4-2-1-3-9(12)8-16/h1-7H,(H,17,18). The molecule has 0 saturated heterocycles. The summed E-state index contributed by atoms with van der Waals surface area (Å²) >= 11 is 3.21. The SMILES string of the molecule is N#Cc1ccccc1Oc1ccc(Br)cc1C(=O)O. The third-order valence-corrected chi connectivity index (χ3v) is 2.89. The van der Waals surface area contributed by atoms with Crippen LogP contribution in [0.2, 0.25) is 0 Å². The van der Waals surface area contributed by atoms with E-state index in [4.69, 9.17) is 15.1 Å². The Labute approximate surface area is 118 Å². The minimum atomic E-state index is -1.09. The van der Waals surface area contributed by atoms with Gasteiger partial charge >= 0.3 is 5.97 Å². The van der Waals surface area contributed by atoms with Crippen LogP contribution in [-0.4, -0.2) is 11.1 Å². The molecule has 0 atom stereocenters. The molecule has 0 heterocycles. The number of benzene rings is 2. The minimum absolute atomic E-state index is 0.0297. The van der Waals surface area contributed by atoms with Crippen LogP contribution in [0.3, 0.4) is 0 Å². The molecule has 4 nitrogen and oxygen atoms in total. The lowest BCUT2D eigenvalue weighted by Crippen LogP contribution is -2.00. The van der Waals surface area contributed by atoms with Crippen molar-refractivity contribution >= 4 is 21.9 Å². The molecule has 0 bridgehead atoms. The maximum absolute atomic E-state index is 11.2. The number of hydrogen-bond donors (Lipinski definition) is 1. The third-order valence-electron chi connectivity index (χ3n) is 2.40. The van der Waals surface area contributed by atoms with Crippen molar-refractivity contribution in [2.24, 2.45) is 0 Å². The number of carboxylic acid groups (broad SMARTS) is 1. The van der Waals surface area contributed by atoms with Crippen LogP contribution in [0, 0.1) is 11.3 Å². The zero-order valence-corrected chi connectivity index (χ0v) is 11.2. The molecule has 1 N–H and O–H groups in total. The first-order valence-electron chi connectivity index (χ1n) is 5.31. The van der Waals surface area contributed by atoms with E-state index in [1.807, 2.05) is 6.07 Å². The Balaban J connectivity index is 2.44. The normalized spacial score (nSPS) is 9.68. The Morgan fingerprint density at radius 1 is 1.21 bits per heavy atom. The number of aromatic carboxylic acids is 1. The molecule has 0 aromatic heterocycles. The average molecular weight is 318 g/mol. The summed E-state index contributed by atoms with van der Waals surface area (Å²) in [6.07, 6.45) is 0. The van der Waals surface area contributed by atoms with Crippen LogP contribution >= 0.6 is 15.9 Å². The minimum Gasteiger partial charge on any atom is -0.478 e. The predicted molar refractivity (Wildman–Crippen MR) is 72.3 cm³/mol. The van der Waals surface area contributed by atoms with E-state index in [1.165, 1.54) is 6.07 Å². The summed E-state index contributed by atoms with van der Waals surface area (Å²) in [4.78, 5) is 11.2. The molecule has 0 spiro atoms. The lowest BCUT2D eigenvalue weighted by molar-refractivity contribution is 0.0694. The van der Waals surface area contributed by atoms with Crippen LogP contribution in [-0.2, 0) is 0 Å². The number of carboxylic acids is 1. The van der Waals surface area contributed by atoms with Crippen LogP contribution in [0.1, 0.15) is 15.9 Å². The zero-order chi connectivity index (χ0) is 13.8. The van der Waals surface area contributed by atoms with E-state index in [9.17, 15) is 4.79 Å². The molecular weight excluding hydrogens is 310 g/mol. The van der Waals surface area contributed by atoms with Crippen LogP contribution in [0.25, 0.3) is 0 Å². The fourth-order valence-corrected chi connectivity index (χ4v) is 1.89. The third kappa shape index (κ3) is 2.92. The van der Waals surface area contributed by atoms with Gasteiger partial charge in [-0.2, -0.15) is 5.26 Å². The van der Waals surface area contributed by atoms with Gasteiger partial charge in [0, 0.05) is 4.47 Å². The molecule has 0 unspecified atom stereocenters. The number of nitrogens with zero attached hydrogens (tertiary/aromatic N) is 1. The molecule has 2 aromatic carbocycles. The van der Waals surface area contributed by atoms with Gasteiger partial charge in [0.2, 0.25) is 0 Å². The molecule has 0 aliphatic carbocycles. The van der Waals surface area contributed by atoms with Crippen LogP contribution in [0.15, 0.2) is 46.9 Å². The molecule has 0 aliphatic rings. The van der Waals surface area contributed by atoms with Crippen LogP contribution in [0.4, 0.5) is 0 Å². The van der Waals surface area contributed by atoms with Gasteiger partial charge in [0.15, 0.2) is 0 Å². The van der Waals surface area contributed by atoms with E-state index in [0.717, 1.165) is 0 Å². The lowest BCUT2D eigenvalue weighted by Gasteiger charge is -2.10. The maximum atomic E-state index is 11.2. The van der Waals surface area contributed by atoms with Gasteiger partial charge in [0.05, 0.1) is 5.56 Å². The topological polar surface area (TPSA) is 70.3 Å². The van der Waals surface area contributed by atoms with E-state index >= 15 is 0 Å².